The normalized spacial score (nSPS) is 11.9. The molecule has 0 atom stereocenters. The van der Waals surface area contributed by atoms with Crippen molar-refractivity contribution in [2.24, 2.45) is 0 Å². The number of hydrogen-bond donors (Lipinski definition) is 3. The number of aromatic nitrogens is 2. The van der Waals surface area contributed by atoms with Gasteiger partial charge in [0.15, 0.2) is 11.5 Å². The molecule has 0 spiro atoms. The molecule has 0 bridgehead atoms. The number of anilines is 1. The van der Waals surface area contributed by atoms with E-state index in [4.69, 9.17) is 14.2 Å². The van der Waals surface area contributed by atoms with Gasteiger partial charge in [-0.05, 0) is 25.5 Å². The van der Waals surface area contributed by atoms with Crippen molar-refractivity contribution in [2.45, 2.75) is 19.9 Å². The van der Waals surface area contributed by atoms with E-state index in [1.165, 1.54) is 0 Å². The fourth-order valence-electron chi connectivity index (χ4n) is 2.31. The fraction of sp³-hybridized carbons (Fsp3) is 0.412. The second-order valence-electron chi connectivity index (χ2n) is 5.68. The molecule has 3 amide bonds. The van der Waals surface area contributed by atoms with Crippen LogP contribution in [-0.4, -0.2) is 48.7 Å². The Morgan fingerprint density at radius 3 is 2.93 bits per heavy atom. The third-order valence-corrected chi connectivity index (χ3v) is 4.57. The molecule has 0 saturated heterocycles. The summed E-state index contributed by atoms with van der Waals surface area (Å²) in [5.74, 6) is 0.827. The number of hydrogen-bond acceptors (Lipinski definition) is 8. The van der Waals surface area contributed by atoms with Gasteiger partial charge in [-0.2, -0.15) is 0 Å². The van der Waals surface area contributed by atoms with Crippen molar-refractivity contribution in [3.63, 3.8) is 0 Å². The van der Waals surface area contributed by atoms with E-state index in [9.17, 15) is 9.59 Å². The molecule has 2 aromatic rings. The van der Waals surface area contributed by atoms with E-state index in [0.717, 1.165) is 17.8 Å². The molecule has 0 saturated carbocycles. The van der Waals surface area contributed by atoms with Crippen LogP contribution in [0.1, 0.15) is 28.2 Å². The van der Waals surface area contributed by atoms with Gasteiger partial charge in [-0.25, -0.2) is 4.79 Å². The number of benzene rings is 1. The summed E-state index contributed by atoms with van der Waals surface area (Å²) >= 11 is 1.11. The monoisotopic (exact) mass is 407 g/mol. The van der Waals surface area contributed by atoms with Crippen molar-refractivity contribution in [1.82, 2.24) is 20.8 Å². The van der Waals surface area contributed by atoms with Crippen LogP contribution in [0.3, 0.4) is 0 Å². The van der Waals surface area contributed by atoms with Crippen molar-refractivity contribution in [2.75, 3.05) is 31.9 Å². The second kappa shape index (κ2) is 9.85. The van der Waals surface area contributed by atoms with Crippen LogP contribution in [0.25, 0.3) is 0 Å². The number of fused-ring (bicyclic) bond motifs is 1. The predicted molar refractivity (Wildman–Crippen MR) is 102 cm³/mol. The highest BCUT2D eigenvalue weighted by atomic mass is 32.1. The molecule has 0 aliphatic carbocycles. The van der Waals surface area contributed by atoms with Crippen LogP contribution in [0.15, 0.2) is 18.2 Å². The summed E-state index contributed by atoms with van der Waals surface area (Å²) in [5, 5.41) is 16.7. The zero-order valence-electron chi connectivity index (χ0n) is 15.3. The summed E-state index contributed by atoms with van der Waals surface area (Å²) < 4.78 is 15.7. The van der Waals surface area contributed by atoms with Crippen LogP contribution >= 0.6 is 11.3 Å². The standard InChI is InChI=1S/C17H21N5O5S/c1-2-25-7-3-6-18-17(24)19-9-14-21-22-16(28-14)15(23)20-11-4-5-12-13(8-11)27-10-26-12/h4-5,8H,2-3,6-7,9-10H2,1H3,(H,20,23)(H2,18,19,24). The van der Waals surface area contributed by atoms with Gasteiger partial charge < -0.3 is 30.2 Å². The molecule has 1 aromatic carbocycles. The molecule has 3 rings (SSSR count). The van der Waals surface area contributed by atoms with Crippen LogP contribution in [0.2, 0.25) is 0 Å². The van der Waals surface area contributed by atoms with Crippen molar-refractivity contribution in [1.29, 1.82) is 0 Å². The Morgan fingerprint density at radius 1 is 1.21 bits per heavy atom. The largest absolute Gasteiger partial charge is 0.454 e. The summed E-state index contributed by atoms with van der Waals surface area (Å²) in [7, 11) is 0. The topological polar surface area (TPSA) is 124 Å². The molecule has 0 fully saturated rings. The van der Waals surface area contributed by atoms with Gasteiger partial charge in [0.25, 0.3) is 5.91 Å². The number of amides is 3. The third kappa shape index (κ3) is 5.54. The lowest BCUT2D eigenvalue weighted by Gasteiger charge is -2.06. The average molecular weight is 407 g/mol. The number of carbonyl (C=O) groups is 2. The van der Waals surface area contributed by atoms with Gasteiger partial charge in [-0.1, -0.05) is 11.3 Å². The maximum atomic E-state index is 12.3. The lowest BCUT2D eigenvalue weighted by atomic mass is 10.3. The highest BCUT2D eigenvalue weighted by Gasteiger charge is 2.17. The lowest BCUT2D eigenvalue weighted by Crippen LogP contribution is -2.35. The van der Waals surface area contributed by atoms with E-state index in [-0.39, 0.29) is 30.3 Å². The maximum absolute atomic E-state index is 12.3. The van der Waals surface area contributed by atoms with E-state index in [1.54, 1.807) is 18.2 Å². The summed E-state index contributed by atoms with van der Waals surface area (Å²) in [4.78, 5) is 24.0. The van der Waals surface area contributed by atoms with Crippen LogP contribution in [0.4, 0.5) is 10.5 Å². The summed E-state index contributed by atoms with van der Waals surface area (Å²) in [5.41, 5.74) is 0.565. The van der Waals surface area contributed by atoms with Gasteiger partial charge >= 0.3 is 6.03 Å². The van der Waals surface area contributed by atoms with Crippen molar-refractivity contribution in [3.05, 3.63) is 28.2 Å². The van der Waals surface area contributed by atoms with E-state index in [2.05, 4.69) is 26.1 Å². The van der Waals surface area contributed by atoms with E-state index < -0.39 is 0 Å². The Bertz CT molecular complexity index is 828. The first kappa shape index (κ1) is 19.8. The molecule has 3 N–H and O–H groups in total. The SMILES string of the molecule is CCOCCCNC(=O)NCc1nnc(C(=O)Nc2ccc3c(c2)OCO3)s1. The molecule has 1 aromatic heterocycles. The van der Waals surface area contributed by atoms with E-state index in [0.29, 0.717) is 42.0 Å². The molecule has 1 aliphatic heterocycles. The molecule has 28 heavy (non-hydrogen) atoms. The molecule has 150 valence electrons. The van der Waals surface area contributed by atoms with Gasteiger partial charge in [0.1, 0.15) is 5.01 Å². The quantitative estimate of drug-likeness (QED) is 0.541. The summed E-state index contributed by atoms with van der Waals surface area (Å²) in [6, 6.07) is 4.81. The zero-order valence-corrected chi connectivity index (χ0v) is 16.1. The molecule has 0 unspecified atom stereocenters. The highest BCUT2D eigenvalue weighted by molar-refractivity contribution is 7.13. The van der Waals surface area contributed by atoms with Gasteiger partial charge in [0.05, 0.1) is 6.54 Å². The van der Waals surface area contributed by atoms with Crippen molar-refractivity contribution in [3.8, 4) is 11.5 Å². The van der Waals surface area contributed by atoms with Crippen LogP contribution in [-0.2, 0) is 11.3 Å². The Balaban J connectivity index is 1.43. The molecule has 2 heterocycles. The third-order valence-electron chi connectivity index (χ3n) is 3.65. The molecule has 1 aliphatic rings. The van der Waals surface area contributed by atoms with Gasteiger partial charge in [0, 0.05) is 31.5 Å². The van der Waals surface area contributed by atoms with Gasteiger partial charge in [0.2, 0.25) is 11.8 Å². The molecule has 10 nitrogen and oxygen atoms in total. The minimum absolute atomic E-state index is 0.166. The molecular formula is C17H21N5O5S. The number of rotatable bonds is 9. The number of nitrogens with zero attached hydrogens (tertiary/aromatic N) is 2. The van der Waals surface area contributed by atoms with Gasteiger partial charge in [-0.15, -0.1) is 10.2 Å². The second-order valence-corrected chi connectivity index (χ2v) is 6.75. The first-order valence-corrected chi connectivity index (χ1v) is 9.60. The lowest BCUT2D eigenvalue weighted by molar-refractivity contribution is 0.102. The van der Waals surface area contributed by atoms with E-state index in [1.807, 2.05) is 6.92 Å². The maximum Gasteiger partial charge on any atom is 0.315 e. The Kier molecular flexibility index (Phi) is 6.98. The molecular weight excluding hydrogens is 386 g/mol. The minimum Gasteiger partial charge on any atom is -0.454 e. The smallest absolute Gasteiger partial charge is 0.315 e. The first-order valence-electron chi connectivity index (χ1n) is 8.78. The van der Waals surface area contributed by atoms with Crippen LogP contribution < -0.4 is 25.4 Å². The van der Waals surface area contributed by atoms with Crippen molar-refractivity contribution >= 4 is 29.0 Å². The minimum atomic E-state index is -0.386. The Morgan fingerprint density at radius 2 is 2.07 bits per heavy atom. The van der Waals surface area contributed by atoms with Crippen LogP contribution in [0.5, 0.6) is 11.5 Å². The van der Waals surface area contributed by atoms with Crippen molar-refractivity contribution < 1.29 is 23.8 Å². The van der Waals surface area contributed by atoms with Crippen LogP contribution in [0, 0.1) is 0 Å². The fourth-order valence-corrected chi connectivity index (χ4v) is 2.99. The Hall–Kier alpha value is -2.92. The predicted octanol–water partition coefficient (Wildman–Crippen LogP) is 1.74. The zero-order chi connectivity index (χ0) is 19.8. The average Bonchev–Trinajstić information content (AvgIpc) is 3.35. The first-order chi connectivity index (χ1) is 13.7. The number of ether oxygens (including phenoxy) is 3. The van der Waals surface area contributed by atoms with Gasteiger partial charge in [-0.3, -0.25) is 4.79 Å². The number of nitrogens with one attached hydrogen (secondary N) is 3. The summed E-state index contributed by atoms with van der Waals surface area (Å²) in [6.45, 7) is 4.06. The van der Waals surface area contributed by atoms with E-state index >= 15 is 0 Å². The molecule has 11 heteroatoms. The number of carbonyl (C=O) groups excluding carboxylic acids is 2. The highest BCUT2D eigenvalue weighted by Crippen LogP contribution is 2.34. The number of urea groups is 1. The summed E-state index contributed by atoms with van der Waals surface area (Å²) in [6.07, 6.45) is 0.740. The molecule has 0 radical (unpaired) electrons. The Labute approximate surface area is 165 Å².